The highest BCUT2D eigenvalue weighted by atomic mass is 15.6. The standard InChI is InChI=1S/C20H20N2.C17H13N3.C12H10N2.2C11H9N3.CH4/c1-20(2,3)17-11-13-7-6-8-14-12-21-15-9-4-5-10-16(15)22(17)19(21)18(13)14;1-2-5-12(6-3-1)16-18-14-8-4-7-13-11-19-9-10-20(16)17(19)15(13)14;1-2-9-4-5-13-6-7-14-8-10(3-1)11(9)12(13)14;1-3-12-9-2-4-13-5-6-14-7-8(1)10(9)11(13)14;1-2-8-4-5-13-7-12-14-6-9(3-1)10(8)11(13)14;/h4-11,19H,12H2,1-3H3;1-10,17H,11H2;1-7,12H,8H2;1-6,11H,7H2;1-5,7,11H,6H2;1H4. The molecule has 7 aromatic rings. The van der Waals surface area contributed by atoms with Gasteiger partial charge in [-0.1, -0.05) is 137 Å². The lowest BCUT2D eigenvalue weighted by molar-refractivity contribution is 0.177. The zero-order valence-corrected chi connectivity index (χ0v) is 47.1. The van der Waals surface area contributed by atoms with E-state index < -0.39 is 0 Å². The first-order valence-corrected chi connectivity index (χ1v) is 29.5. The van der Waals surface area contributed by atoms with Gasteiger partial charge < -0.3 is 44.1 Å². The van der Waals surface area contributed by atoms with Crippen LogP contribution in [0.2, 0.25) is 0 Å². The fourth-order valence-electron chi connectivity index (χ4n) is 15.4. The minimum Gasteiger partial charge on any atom is -0.348 e. The highest BCUT2D eigenvalue weighted by molar-refractivity contribution is 6.03. The average Bonchev–Trinajstić information content (AvgIpc) is 1.68. The Morgan fingerprint density at radius 2 is 1.02 bits per heavy atom. The number of allylic oxidation sites excluding steroid dienone is 1. The largest absolute Gasteiger partial charge is 0.348 e. The van der Waals surface area contributed by atoms with Gasteiger partial charge >= 0.3 is 0 Å². The SMILES string of the molecule is C.C1=CN2C(c3ccccc3)=Nc3cccc4c3C2N1C4.C1=CN2C=CN3Cc4cccc1c4C23.C1=CN2C=CN3Cc4ccnc1c4C23.C1=CN2C=NN3Cc4cccc1c4C23.CC(C)(C)C1=Cc2cccc3c2C2N(C3)c3ccccc3N12. The Morgan fingerprint density at radius 3 is 1.76 bits per heavy atom. The number of aromatic nitrogens is 1. The molecule has 0 N–H and O–H groups in total. The molecule has 16 heterocycles. The van der Waals surface area contributed by atoms with Gasteiger partial charge in [-0.05, 0) is 93.1 Å². The van der Waals surface area contributed by atoms with E-state index in [1.54, 1.807) is 0 Å². The van der Waals surface area contributed by atoms with Crippen molar-refractivity contribution >= 4 is 53.5 Å². The summed E-state index contributed by atoms with van der Waals surface area (Å²) in [7, 11) is 0. The molecule has 13 nitrogen and oxygen atoms in total. The van der Waals surface area contributed by atoms with Crippen LogP contribution >= 0.6 is 0 Å². The Hall–Kier alpha value is -10.0. The van der Waals surface area contributed by atoms with Crippen molar-refractivity contribution in [3.05, 3.63) is 285 Å². The number of rotatable bonds is 1. The maximum absolute atomic E-state index is 4.91. The second-order valence-electron chi connectivity index (χ2n) is 24.8. The predicted molar refractivity (Wildman–Crippen MR) is 338 cm³/mol. The molecule has 0 bridgehead atoms. The summed E-state index contributed by atoms with van der Waals surface area (Å²) < 4.78 is 0. The normalized spacial score (nSPS) is 22.6. The summed E-state index contributed by atoms with van der Waals surface area (Å²) in [6.45, 7) is 12.0. The van der Waals surface area contributed by atoms with Crippen LogP contribution in [0.1, 0.15) is 143 Å². The summed E-state index contributed by atoms with van der Waals surface area (Å²) in [5.41, 5.74) is 26.2. The van der Waals surface area contributed by atoms with Crippen molar-refractivity contribution in [3.63, 3.8) is 0 Å². The topological polar surface area (TPSA) is 70.0 Å². The molecule has 0 saturated heterocycles. The molecule has 15 aliphatic rings. The molecule has 1 aromatic heterocycles. The molecule has 13 heteroatoms. The van der Waals surface area contributed by atoms with Crippen molar-refractivity contribution in [1.82, 2.24) is 44.3 Å². The second kappa shape index (κ2) is 18.5. The highest BCUT2D eigenvalue weighted by Gasteiger charge is 2.49. The lowest BCUT2D eigenvalue weighted by Crippen LogP contribution is -2.37. The molecule has 15 aliphatic heterocycles. The Kier molecular flexibility index (Phi) is 10.8. The summed E-state index contributed by atoms with van der Waals surface area (Å²) in [5.74, 6) is 1.04. The molecule has 0 aliphatic carbocycles. The molecule has 0 saturated carbocycles. The van der Waals surface area contributed by atoms with E-state index in [4.69, 9.17) is 4.99 Å². The smallest absolute Gasteiger partial charge is 0.150 e. The summed E-state index contributed by atoms with van der Waals surface area (Å²) in [6.07, 6.45) is 33.8. The van der Waals surface area contributed by atoms with Crippen molar-refractivity contribution in [2.24, 2.45) is 15.5 Å². The summed E-state index contributed by atoms with van der Waals surface area (Å²) >= 11 is 0. The lowest BCUT2D eigenvalue weighted by atomic mass is 9.85. The zero-order valence-electron chi connectivity index (χ0n) is 47.1. The van der Waals surface area contributed by atoms with Gasteiger partial charge in [-0.3, -0.25) is 9.99 Å². The maximum Gasteiger partial charge on any atom is 0.150 e. The number of hydrogen-bond donors (Lipinski definition) is 0. The number of amidine groups is 1. The van der Waals surface area contributed by atoms with Crippen molar-refractivity contribution in [3.8, 4) is 0 Å². The molecule has 0 amide bonds. The van der Waals surface area contributed by atoms with Crippen LogP contribution in [0.4, 0.5) is 17.1 Å². The van der Waals surface area contributed by atoms with Crippen LogP contribution in [0.3, 0.4) is 0 Å². The third-order valence-electron chi connectivity index (χ3n) is 19.0. The van der Waals surface area contributed by atoms with Gasteiger partial charge in [0.2, 0.25) is 0 Å². The van der Waals surface area contributed by atoms with Crippen LogP contribution in [0, 0.1) is 5.41 Å². The van der Waals surface area contributed by atoms with E-state index in [9.17, 15) is 0 Å². The van der Waals surface area contributed by atoms with E-state index in [0.29, 0.717) is 30.8 Å². The number of nitrogens with zero attached hydrogens (tertiary/aromatic N) is 13. The number of hydrogen-bond acceptors (Lipinski definition) is 13. The van der Waals surface area contributed by atoms with Crippen LogP contribution < -0.4 is 9.80 Å². The fraction of sp³-hybridized carbons (Fsp3) is 0.208. The average molecular weight is 1110 g/mol. The van der Waals surface area contributed by atoms with Gasteiger partial charge in [-0.25, -0.2) is 4.99 Å². The lowest BCUT2D eigenvalue weighted by Gasteiger charge is -2.40. The van der Waals surface area contributed by atoms with E-state index in [1.165, 1.54) is 95.0 Å². The number of para-hydroxylation sites is 2. The van der Waals surface area contributed by atoms with Gasteiger partial charge in [0, 0.05) is 133 Å². The predicted octanol–water partition coefficient (Wildman–Crippen LogP) is 14.6. The number of pyridine rings is 1. The van der Waals surface area contributed by atoms with Gasteiger partial charge in [0.1, 0.15) is 43.0 Å². The van der Waals surface area contributed by atoms with E-state index in [-0.39, 0.29) is 12.8 Å². The van der Waals surface area contributed by atoms with E-state index in [0.717, 1.165) is 49.9 Å². The van der Waals surface area contributed by atoms with Crippen molar-refractivity contribution < 1.29 is 0 Å². The van der Waals surface area contributed by atoms with Crippen molar-refractivity contribution in [2.75, 3.05) is 9.80 Å². The third kappa shape index (κ3) is 7.38. The minimum absolute atomic E-state index is 0. The van der Waals surface area contributed by atoms with E-state index >= 15 is 0 Å². The van der Waals surface area contributed by atoms with Gasteiger partial charge in [0.15, 0.2) is 0 Å². The number of fused-ring (bicyclic) bond motifs is 3. The molecular weight excluding hydrogens is 1050 g/mol. The zero-order chi connectivity index (χ0) is 55.5. The van der Waals surface area contributed by atoms with Crippen LogP contribution in [-0.2, 0) is 32.7 Å². The van der Waals surface area contributed by atoms with Gasteiger partial charge in [-0.15, -0.1) is 0 Å². The van der Waals surface area contributed by atoms with Gasteiger partial charge in [0.25, 0.3) is 0 Å². The van der Waals surface area contributed by atoms with Crippen LogP contribution in [0.5, 0.6) is 0 Å². The van der Waals surface area contributed by atoms with E-state index in [1.807, 2.05) is 18.6 Å². The fourth-order valence-corrected chi connectivity index (χ4v) is 15.4. The first kappa shape index (κ1) is 49.6. The molecular formula is C72H65N13. The Labute approximate surface area is 497 Å². The van der Waals surface area contributed by atoms with E-state index in [2.05, 4.69) is 287 Å². The molecule has 418 valence electrons. The highest BCUT2D eigenvalue weighted by Crippen LogP contribution is 2.58. The molecule has 0 fully saturated rings. The summed E-state index contributed by atoms with van der Waals surface area (Å²) in [6, 6.07) is 47.7. The Bertz CT molecular complexity index is 4040. The molecule has 5 atom stereocenters. The number of hydrazone groups is 1. The van der Waals surface area contributed by atoms with Crippen molar-refractivity contribution in [2.45, 2.75) is 91.8 Å². The summed E-state index contributed by atoms with van der Waals surface area (Å²) in [5, 5.41) is 6.52. The molecule has 6 aromatic carbocycles. The first-order valence-electron chi connectivity index (χ1n) is 29.5. The monoisotopic (exact) mass is 1110 g/mol. The molecule has 22 rings (SSSR count). The second-order valence-corrected chi connectivity index (χ2v) is 24.8. The minimum atomic E-state index is 0. The van der Waals surface area contributed by atoms with Gasteiger partial charge in [0.05, 0.1) is 29.3 Å². The molecule has 0 spiro atoms. The Morgan fingerprint density at radius 1 is 0.447 bits per heavy atom. The summed E-state index contributed by atoms with van der Waals surface area (Å²) in [4.78, 5) is 30.5. The van der Waals surface area contributed by atoms with Crippen molar-refractivity contribution in [1.29, 1.82) is 0 Å². The molecule has 0 radical (unpaired) electrons. The van der Waals surface area contributed by atoms with Crippen LogP contribution in [0.25, 0.3) is 24.3 Å². The maximum atomic E-state index is 4.91. The van der Waals surface area contributed by atoms with Crippen LogP contribution in [-0.4, -0.2) is 56.5 Å². The number of aliphatic imine (C=N–C) groups is 1. The quantitative estimate of drug-likeness (QED) is 0.158. The first-order chi connectivity index (χ1) is 41.3. The number of anilines is 2. The van der Waals surface area contributed by atoms with Crippen LogP contribution in [0.15, 0.2) is 211 Å². The van der Waals surface area contributed by atoms with Gasteiger partial charge in [-0.2, -0.15) is 5.10 Å². The number of benzene rings is 6. The molecule has 5 unspecified atom stereocenters. The molecule has 85 heavy (non-hydrogen) atoms. The third-order valence-corrected chi connectivity index (χ3v) is 19.0. The Balaban J connectivity index is 0.0000000842.